The summed E-state index contributed by atoms with van der Waals surface area (Å²) in [4.78, 5) is 11.5. The molecule has 2 nitrogen and oxygen atoms in total. The Hall–Kier alpha value is -0.370. The van der Waals surface area contributed by atoms with Crippen LogP contribution in [0.4, 0.5) is 0 Å². The van der Waals surface area contributed by atoms with Crippen molar-refractivity contribution in [2.45, 2.75) is 64.9 Å². The second-order valence-electron chi connectivity index (χ2n) is 4.77. The van der Waals surface area contributed by atoms with Gasteiger partial charge in [-0.3, -0.25) is 4.79 Å². The monoisotopic (exact) mass is 212 g/mol. The smallest absolute Gasteiger partial charge is 0.138 e. The molecular weight excluding hydrogens is 188 g/mol. The van der Waals surface area contributed by atoms with Gasteiger partial charge in [-0.15, -0.1) is 0 Å². The molecule has 15 heavy (non-hydrogen) atoms. The topological polar surface area (TPSA) is 37.3 Å². The highest BCUT2D eigenvalue weighted by atomic mass is 16.3. The van der Waals surface area contributed by atoms with Gasteiger partial charge in [-0.2, -0.15) is 0 Å². The van der Waals surface area contributed by atoms with E-state index in [1.54, 1.807) is 0 Å². The predicted molar refractivity (Wildman–Crippen MR) is 61.7 cm³/mol. The summed E-state index contributed by atoms with van der Waals surface area (Å²) < 4.78 is 0. The van der Waals surface area contributed by atoms with E-state index in [1.807, 2.05) is 0 Å². The maximum Gasteiger partial charge on any atom is 0.138 e. The lowest BCUT2D eigenvalue weighted by Gasteiger charge is -2.25. The number of aliphatic hydroxyl groups excluding tert-OH is 1. The summed E-state index contributed by atoms with van der Waals surface area (Å²) in [5, 5.41) is 10.2. The molecule has 0 aromatic rings. The molecule has 1 aliphatic rings. The molecule has 0 aromatic heterocycles. The van der Waals surface area contributed by atoms with Crippen molar-refractivity contribution in [1.29, 1.82) is 0 Å². The van der Waals surface area contributed by atoms with Gasteiger partial charge in [0.25, 0.3) is 0 Å². The lowest BCUT2D eigenvalue weighted by molar-refractivity contribution is -0.125. The van der Waals surface area contributed by atoms with Gasteiger partial charge in [0, 0.05) is 12.3 Å². The Kier molecular flexibility index (Phi) is 5.30. The third-order valence-electron chi connectivity index (χ3n) is 3.70. The van der Waals surface area contributed by atoms with Crippen molar-refractivity contribution in [3.05, 3.63) is 0 Å². The van der Waals surface area contributed by atoms with Gasteiger partial charge in [0.05, 0.1) is 6.10 Å². The first-order valence-corrected chi connectivity index (χ1v) is 6.41. The maximum absolute atomic E-state index is 11.5. The van der Waals surface area contributed by atoms with E-state index in [9.17, 15) is 9.90 Å². The molecule has 0 spiro atoms. The first-order valence-electron chi connectivity index (χ1n) is 6.41. The highest BCUT2D eigenvalue weighted by molar-refractivity contribution is 5.83. The Balaban J connectivity index is 2.47. The lowest BCUT2D eigenvalue weighted by Crippen LogP contribution is -2.31. The lowest BCUT2D eigenvalue weighted by atomic mass is 9.84. The summed E-state index contributed by atoms with van der Waals surface area (Å²) in [6.45, 7) is 4.28. The van der Waals surface area contributed by atoms with E-state index in [4.69, 9.17) is 0 Å². The van der Waals surface area contributed by atoms with Gasteiger partial charge in [-0.05, 0) is 25.2 Å². The zero-order valence-corrected chi connectivity index (χ0v) is 10.0. The fraction of sp³-hybridized carbons (Fsp3) is 0.923. The van der Waals surface area contributed by atoms with E-state index in [1.165, 1.54) is 6.42 Å². The summed E-state index contributed by atoms with van der Waals surface area (Å²) in [5.74, 6) is 0.571. The third kappa shape index (κ3) is 3.30. The van der Waals surface area contributed by atoms with Crippen LogP contribution in [0.1, 0.15) is 58.8 Å². The highest BCUT2D eigenvalue weighted by Gasteiger charge is 2.34. The standard InChI is InChI=1S/C13H24O2/c1-3-5-7-10(4-2)13(15)11-8-6-9-12(11)14/h10-11,13,15H,3-9H2,1-2H3. The van der Waals surface area contributed by atoms with Gasteiger partial charge in [0.15, 0.2) is 0 Å². The third-order valence-corrected chi connectivity index (χ3v) is 3.70. The van der Waals surface area contributed by atoms with E-state index >= 15 is 0 Å². The Morgan fingerprint density at radius 1 is 1.47 bits per heavy atom. The van der Waals surface area contributed by atoms with E-state index in [2.05, 4.69) is 13.8 Å². The van der Waals surface area contributed by atoms with E-state index in [-0.39, 0.29) is 17.8 Å². The molecule has 1 N–H and O–H groups in total. The Labute approximate surface area is 93.1 Å². The molecular formula is C13H24O2. The zero-order valence-electron chi connectivity index (χ0n) is 10.0. The molecule has 0 amide bonds. The molecule has 2 heteroatoms. The normalized spacial score (nSPS) is 25.5. The number of carbonyl (C=O) groups is 1. The van der Waals surface area contributed by atoms with Crippen LogP contribution in [0.15, 0.2) is 0 Å². The van der Waals surface area contributed by atoms with Gasteiger partial charge < -0.3 is 5.11 Å². The summed E-state index contributed by atoms with van der Waals surface area (Å²) >= 11 is 0. The van der Waals surface area contributed by atoms with Crippen molar-refractivity contribution in [2.75, 3.05) is 0 Å². The zero-order chi connectivity index (χ0) is 11.3. The quantitative estimate of drug-likeness (QED) is 0.735. The maximum atomic E-state index is 11.5. The van der Waals surface area contributed by atoms with Gasteiger partial charge in [-0.25, -0.2) is 0 Å². The molecule has 1 aliphatic carbocycles. The molecule has 88 valence electrons. The van der Waals surface area contributed by atoms with Crippen LogP contribution in [0, 0.1) is 11.8 Å². The van der Waals surface area contributed by atoms with Crippen LogP contribution in [0.5, 0.6) is 0 Å². The highest BCUT2D eigenvalue weighted by Crippen LogP contribution is 2.31. The molecule has 0 radical (unpaired) electrons. The van der Waals surface area contributed by atoms with Crippen LogP contribution in [0.3, 0.4) is 0 Å². The minimum Gasteiger partial charge on any atom is -0.392 e. The fourth-order valence-corrected chi connectivity index (χ4v) is 2.62. The molecule has 0 aliphatic heterocycles. The van der Waals surface area contributed by atoms with Crippen molar-refractivity contribution in [1.82, 2.24) is 0 Å². The van der Waals surface area contributed by atoms with Crippen molar-refractivity contribution in [2.24, 2.45) is 11.8 Å². The summed E-state index contributed by atoms with van der Waals surface area (Å²) in [7, 11) is 0. The van der Waals surface area contributed by atoms with Crippen LogP contribution < -0.4 is 0 Å². The minimum absolute atomic E-state index is 0.0493. The number of aliphatic hydroxyl groups is 1. The van der Waals surface area contributed by atoms with Crippen molar-refractivity contribution in [3.8, 4) is 0 Å². The molecule has 0 bridgehead atoms. The van der Waals surface area contributed by atoms with Gasteiger partial charge in [0.2, 0.25) is 0 Å². The molecule has 1 saturated carbocycles. The number of ketones is 1. The first-order chi connectivity index (χ1) is 7.20. The van der Waals surface area contributed by atoms with Crippen molar-refractivity contribution in [3.63, 3.8) is 0 Å². The largest absolute Gasteiger partial charge is 0.392 e. The number of hydrogen-bond acceptors (Lipinski definition) is 2. The van der Waals surface area contributed by atoms with Crippen LogP contribution in [0.2, 0.25) is 0 Å². The average Bonchev–Trinajstić information content (AvgIpc) is 2.65. The molecule has 0 saturated heterocycles. The Bertz CT molecular complexity index is 201. The van der Waals surface area contributed by atoms with E-state index < -0.39 is 0 Å². The number of Topliss-reactive ketones (excluding diaryl/α,β-unsaturated/α-hetero) is 1. The summed E-state index contributed by atoms with van der Waals surface area (Å²) in [5.41, 5.74) is 0. The van der Waals surface area contributed by atoms with Gasteiger partial charge in [-0.1, -0.05) is 33.1 Å². The number of carbonyl (C=O) groups excluding carboxylic acids is 1. The minimum atomic E-state index is -0.378. The average molecular weight is 212 g/mol. The first kappa shape index (κ1) is 12.7. The molecule has 0 aromatic carbocycles. The SMILES string of the molecule is CCCCC(CC)C(O)C1CCCC1=O. The van der Waals surface area contributed by atoms with E-state index in [0.717, 1.165) is 32.1 Å². The molecule has 3 unspecified atom stereocenters. The van der Waals surface area contributed by atoms with Gasteiger partial charge >= 0.3 is 0 Å². The fourth-order valence-electron chi connectivity index (χ4n) is 2.62. The molecule has 1 rings (SSSR count). The van der Waals surface area contributed by atoms with Crippen molar-refractivity contribution >= 4 is 5.78 Å². The molecule has 1 fully saturated rings. The summed E-state index contributed by atoms with van der Waals surface area (Å²) in [6, 6.07) is 0. The van der Waals surface area contributed by atoms with Crippen LogP contribution in [-0.4, -0.2) is 17.0 Å². The van der Waals surface area contributed by atoms with Crippen molar-refractivity contribution < 1.29 is 9.90 Å². The summed E-state index contributed by atoms with van der Waals surface area (Å²) in [6.07, 6.45) is 6.58. The second-order valence-corrected chi connectivity index (χ2v) is 4.77. The van der Waals surface area contributed by atoms with E-state index in [0.29, 0.717) is 12.3 Å². The number of hydrogen-bond donors (Lipinski definition) is 1. The molecule has 0 heterocycles. The Morgan fingerprint density at radius 3 is 2.67 bits per heavy atom. The number of rotatable bonds is 6. The predicted octanol–water partition coefficient (Wildman–Crippen LogP) is 2.93. The van der Waals surface area contributed by atoms with Crippen LogP contribution in [-0.2, 0) is 4.79 Å². The van der Waals surface area contributed by atoms with Crippen LogP contribution in [0.25, 0.3) is 0 Å². The van der Waals surface area contributed by atoms with Crippen LogP contribution >= 0.6 is 0 Å². The Morgan fingerprint density at radius 2 is 2.20 bits per heavy atom. The number of unbranched alkanes of at least 4 members (excludes halogenated alkanes) is 1. The molecule has 3 atom stereocenters. The second kappa shape index (κ2) is 6.26. The van der Waals surface area contributed by atoms with Gasteiger partial charge in [0.1, 0.15) is 5.78 Å².